The van der Waals surface area contributed by atoms with Crippen LogP contribution in [0.5, 0.6) is 0 Å². The number of ether oxygens (including phenoxy) is 1. The van der Waals surface area contributed by atoms with Crippen LogP contribution in [0.4, 0.5) is 21.5 Å². The van der Waals surface area contributed by atoms with Crippen molar-refractivity contribution < 1.29 is 28.3 Å². The maximum absolute atomic E-state index is 14.0. The van der Waals surface area contributed by atoms with E-state index in [1.165, 1.54) is 36.9 Å². The zero-order valence-electron chi connectivity index (χ0n) is 17.1. The highest BCUT2D eigenvalue weighted by Crippen LogP contribution is 2.28. The highest BCUT2D eigenvalue weighted by atomic mass is 19.1. The third-order valence-electron chi connectivity index (χ3n) is 4.74. The third-order valence-corrected chi connectivity index (χ3v) is 4.74. The summed E-state index contributed by atoms with van der Waals surface area (Å²) in [5.41, 5.74) is 1.15. The number of hydrogen-bond donors (Lipinski definition) is 2. The summed E-state index contributed by atoms with van der Waals surface area (Å²) in [5, 5.41) is 5.23. The van der Waals surface area contributed by atoms with E-state index in [-0.39, 0.29) is 30.5 Å². The van der Waals surface area contributed by atoms with Gasteiger partial charge in [0.25, 0.3) is 5.91 Å². The Labute approximate surface area is 178 Å². The van der Waals surface area contributed by atoms with Crippen molar-refractivity contribution in [3.63, 3.8) is 0 Å². The van der Waals surface area contributed by atoms with Crippen molar-refractivity contribution in [2.24, 2.45) is 5.92 Å². The van der Waals surface area contributed by atoms with E-state index in [1.54, 1.807) is 30.3 Å². The van der Waals surface area contributed by atoms with Gasteiger partial charge in [0.15, 0.2) is 6.10 Å². The molecule has 0 radical (unpaired) electrons. The van der Waals surface area contributed by atoms with Gasteiger partial charge in [0.1, 0.15) is 5.82 Å². The Hall–Kier alpha value is -3.75. The Bertz CT molecular complexity index is 1010. The molecule has 1 aliphatic rings. The minimum atomic E-state index is -1.10. The van der Waals surface area contributed by atoms with Crippen molar-refractivity contribution in [2.75, 3.05) is 22.1 Å². The van der Waals surface area contributed by atoms with Crippen LogP contribution in [0.3, 0.4) is 0 Å². The summed E-state index contributed by atoms with van der Waals surface area (Å²) in [6.07, 6.45) is -1.22. The first-order chi connectivity index (χ1) is 14.7. The molecule has 0 saturated carbocycles. The smallest absolute Gasteiger partial charge is 0.312 e. The molecule has 1 fully saturated rings. The van der Waals surface area contributed by atoms with Crippen molar-refractivity contribution in [3.8, 4) is 0 Å². The van der Waals surface area contributed by atoms with Crippen molar-refractivity contribution in [1.29, 1.82) is 0 Å². The van der Waals surface area contributed by atoms with E-state index >= 15 is 0 Å². The molecular weight excluding hydrogens is 405 g/mol. The fourth-order valence-electron chi connectivity index (χ4n) is 3.18. The van der Waals surface area contributed by atoms with Crippen LogP contribution in [-0.4, -0.2) is 36.3 Å². The maximum Gasteiger partial charge on any atom is 0.312 e. The van der Waals surface area contributed by atoms with E-state index in [2.05, 4.69) is 10.6 Å². The van der Waals surface area contributed by atoms with E-state index < -0.39 is 29.7 Å². The topological polar surface area (TPSA) is 105 Å². The van der Waals surface area contributed by atoms with Crippen LogP contribution in [-0.2, 0) is 23.9 Å². The summed E-state index contributed by atoms with van der Waals surface area (Å²) < 4.78 is 19.2. The van der Waals surface area contributed by atoms with E-state index in [0.717, 1.165) is 0 Å². The molecule has 2 aromatic carbocycles. The molecule has 2 atom stereocenters. The number of esters is 1. The fraction of sp³-hybridized carbons (Fsp3) is 0.273. The van der Waals surface area contributed by atoms with Gasteiger partial charge in [-0.2, -0.15) is 0 Å². The number of anilines is 3. The zero-order valence-corrected chi connectivity index (χ0v) is 17.1. The van der Waals surface area contributed by atoms with Crippen molar-refractivity contribution in [2.45, 2.75) is 26.4 Å². The molecule has 0 aliphatic carbocycles. The Kier molecular flexibility index (Phi) is 6.64. The van der Waals surface area contributed by atoms with Gasteiger partial charge in [-0.15, -0.1) is 0 Å². The molecule has 1 saturated heterocycles. The molecule has 2 N–H and O–H groups in total. The van der Waals surface area contributed by atoms with Crippen LogP contribution in [0.25, 0.3) is 0 Å². The number of rotatable bonds is 6. The molecule has 1 aliphatic heterocycles. The minimum absolute atomic E-state index is 0.0163. The molecule has 31 heavy (non-hydrogen) atoms. The van der Waals surface area contributed by atoms with Crippen LogP contribution in [0.2, 0.25) is 0 Å². The predicted octanol–water partition coefficient (Wildman–Crippen LogP) is 2.71. The Balaban J connectivity index is 1.55. The standard InChI is InChI=1S/C22H22FN3O5/c1-13(21(29)25-17-9-7-16(8-10-17)24-14(2)27)31-22(30)15-11-20(28)26(12-15)19-6-4-3-5-18(19)23/h3-10,13,15H,11-12H2,1-2H3,(H,24,27)(H,25,29)/t13-,15-/m1/s1. The van der Waals surface area contributed by atoms with Gasteiger partial charge in [-0.25, -0.2) is 4.39 Å². The van der Waals surface area contributed by atoms with Crippen LogP contribution in [0, 0.1) is 11.7 Å². The molecule has 3 amide bonds. The first-order valence-corrected chi connectivity index (χ1v) is 9.68. The summed E-state index contributed by atoms with van der Waals surface area (Å²) in [5.74, 6) is -3.19. The SMILES string of the molecule is CC(=O)Nc1ccc(NC(=O)[C@@H](C)OC(=O)[C@@H]2CC(=O)N(c3ccccc3F)C2)cc1. The summed E-state index contributed by atoms with van der Waals surface area (Å²) in [6, 6.07) is 12.3. The minimum Gasteiger partial charge on any atom is -0.452 e. The van der Waals surface area contributed by atoms with Crippen LogP contribution >= 0.6 is 0 Å². The second-order valence-corrected chi connectivity index (χ2v) is 7.18. The number of halogens is 1. The Morgan fingerprint density at radius 2 is 1.68 bits per heavy atom. The molecule has 2 aromatic rings. The molecule has 3 rings (SSSR count). The van der Waals surface area contributed by atoms with Gasteiger partial charge in [0, 0.05) is 31.3 Å². The quantitative estimate of drug-likeness (QED) is 0.690. The molecular formula is C22H22FN3O5. The van der Waals surface area contributed by atoms with Gasteiger partial charge in [-0.3, -0.25) is 19.2 Å². The Morgan fingerprint density at radius 1 is 1.06 bits per heavy atom. The molecule has 0 bridgehead atoms. The van der Waals surface area contributed by atoms with E-state index in [4.69, 9.17) is 4.74 Å². The molecule has 1 heterocycles. The van der Waals surface area contributed by atoms with Crippen LogP contribution < -0.4 is 15.5 Å². The molecule has 162 valence electrons. The summed E-state index contributed by atoms with van der Waals surface area (Å²) >= 11 is 0. The average molecular weight is 427 g/mol. The van der Waals surface area contributed by atoms with Crippen molar-refractivity contribution in [3.05, 3.63) is 54.3 Å². The van der Waals surface area contributed by atoms with Crippen LogP contribution in [0.1, 0.15) is 20.3 Å². The van der Waals surface area contributed by atoms with Gasteiger partial charge >= 0.3 is 5.97 Å². The summed E-state index contributed by atoms with van der Waals surface area (Å²) in [6.45, 7) is 2.79. The van der Waals surface area contributed by atoms with E-state index in [1.807, 2.05) is 0 Å². The van der Waals surface area contributed by atoms with Gasteiger partial charge in [-0.05, 0) is 43.3 Å². The average Bonchev–Trinajstić information content (AvgIpc) is 3.11. The fourth-order valence-corrected chi connectivity index (χ4v) is 3.18. The highest BCUT2D eigenvalue weighted by Gasteiger charge is 2.38. The van der Waals surface area contributed by atoms with Gasteiger partial charge in [-0.1, -0.05) is 12.1 Å². The van der Waals surface area contributed by atoms with E-state index in [0.29, 0.717) is 11.4 Å². The molecule has 0 aromatic heterocycles. The predicted molar refractivity (Wildman–Crippen MR) is 112 cm³/mol. The number of amides is 3. The first kappa shape index (κ1) is 21.9. The third kappa shape index (κ3) is 5.44. The lowest BCUT2D eigenvalue weighted by Gasteiger charge is -2.18. The largest absolute Gasteiger partial charge is 0.452 e. The normalized spacial score (nSPS) is 16.5. The lowest BCUT2D eigenvalue weighted by Crippen LogP contribution is -2.33. The van der Waals surface area contributed by atoms with Crippen molar-refractivity contribution >= 4 is 40.8 Å². The van der Waals surface area contributed by atoms with Crippen molar-refractivity contribution in [1.82, 2.24) is 0 Å². The van der Waals surface area contributed by atoms with E-state index in [9.17, 15) is 23.6 Å². The zero-order chi connectivity index (χ0) is 22.5. The highest BCUT2D eigenvalue weighted by molar-refractivity contribution is 6.00. The second kappa shape index (κ2) is 9.38. The second-order valence-electron chi connectivity index (χ2n) is 7.18. The summed E-state index contributed by atoms with van der Waals surface area (Å²) in [7, 11) is 0. The lowest BCUT2D eigenvalue weighted by atomic mass is 10.1. The molecule has 0 unspecified atom stereocenters. The maximum atomic E-state index is 14.0. The molecule has 9 heteroatoms. The van der Waals surface area contributed by atoms with Gasteiger partial charge in [0.2, 0.25) is 11.8 Å². The number of nitrogens with zero attached hydrogens (tertiary/aromatic N) is 1. The van der Waals surface area contributed by atoms with Gasteiger partial charge in [0.05, 0.1) is 11.6 Å². The summed E-state index contributed by atoms with van der Waals surface area (Å²) in [4.78, 5) is 49.3. The number of carbonyl (C=O) groups excluding carboxylic acids is 4. The number of para-hydroxylation sites is 1. The Morgan fingerprint density at radius 3 is 2.29 bits per heavy atom. The number of benzene rings is 2. The van der Waals surface area contributed by atoms with Crippen LogP contribution in [0.15, 0.2) is 48.5 Å². The first-order valence-electron chi connectivity index (χ1n) is 9.68. The monoisotopic (exact) mass is 427 g/mol. The number of nitrogens with one attached hydrogen (secondary N) is 2. The number of hydrogen-bond acceptors (Lipinski definition) is 5. The number of carbonyl (C=O) groups is 4. The van der Waals surface area contributed by atoms with Gasteiger partial charge < -0.3 is 20.3 Å². The lowest BCUT2D eigenvalue weighted by molar-refractivity contribution is -0.157. The molecule has 0 spiro atoms. The molecule has 8 nitrogen and oxygen atoms in total.